The topological polar surface area (TPSA) is 35.2 Å². The molecule has 0 aliphatic rings. The number of benzene rings is 3. The smallest absolute Gasteiger partial charge is 0.119 e. The second-order valence-electron chi connectivity index (χ2n) is 5.21. The first kappa shape index (κ1) is 13.5. The maximum Gasteiger partial charge on any atom is 0.119 e. The highest BCUT2D eigenvalue weighted by Crippen LogP contribution is 2.20. The van der Waals surface area contributed by atoms with Crippen LogP contribution < -0.4 is 10.5 Å². The molecule has 3 aromatic carbocycles. The molecule has 0 spiro atoms. The van der Waals surface area contributed by atoms with Crippen LogP contribution in [0.1, 0.15) is 12.0 Å². The monoisotopic (exact) mass is 277 g/mol. The lowest BCUT2D eigenvalue weighted by Gasteiger charge is -2.08. The van der Waals surface area contributed by atoms with Gasteiger partial charge in [0, 0.05) is 5.69 Å². The van der Waals surface area contributed by atoms with E-state index in [0.29, 0.717) is 6.61 Å². The van der Waals surface area contributed by atoms with Gasteiger partial charge in [-0.25, -0.2) is 0 Å². The van der Waals surface area contributed by atoms with E-state index in [2.05, 4.69) is 36.4 Å². The summed E-state index contributed by atoms with van der Waals surface area (Å²) in [5, 5.41) is 2.45. The second kappa shape index (κ2) is 6.31. The van der Waals surface area contributed by atoms with Gasteiger partial charge in [-0.05, 0) is 53.4 Å². The van der Waals surface area contributed by atoms with Crippen molar-refractivity contribution in [2.24, 2.45) is 0 Å². The van der Waals surface area contributed by atoms with E-state index in [1.807, 2.05) is 30.3 Å². The van der Waals surface area contributed by atoms with Gasteiger partial charge in [0.2, 0.25) is 0 Å². The number of nitrogen functional groups attached to an aromatic ring is 1. The molecule has 0 fully saturated rings. The molecule has 0 atom stereocenters. The Morgan fingerprint density at radius 1 is 0.810 bits per heavy atom. The molecule has 0 unspecified atom stereocenters. The molecule has 0 aliphatic heterocycles. The summed E-state index contributed by atoms with van der Waals surface area (Å²) in [5.74, 6) is 0.932. The molecule has 3 aromatic rings. The Morgan fingerprint density at radius 2 is 1.67 bits per heavy atom. The van der Waals surface area contributed by atoms with Crippen LogP contribution in [0.15, 0.2) is 66.7 Å². The molecule has 106 valence electrons. The first-order valence-corrected chi connectivity index (χ1v) is 7.27. The van der Waals surface area contributed by atoms with Crippen molar-refractivity contribution < 1.29 is 4.74 Å². The number of aryl methyl sites for hydroxylation is 1. The van der Waals surface area contributed by atoms with Gasteiger partial charge in [0.15, 0.2) is 0 Å². The Labute approximate surface area is 125 Å². The van der Waals surface area contributed by atoms with Crippen molar-refractivity contribution >= 4 is 16.5 Å². The molecule has 2 N–H and O–H groups in total. The fourth-order valence-corrected chi connectivity index (χ4v) is 2.47. The summed E-state index contributed by atoms with van der Waals surface area (Å²) in [4.78, 5) is 0. The number of anilines is 1. The third-order valence-corrected chi connectivity index (χ3v) is 3.55. The van der Waals surface area contributed by atoms with Crippen LogP contribution in [-0.4, -0.2) is 6.61 Å². The average molecular weight is 277 g/mol. The minimum absolute atomic E-state index is 0.715. The van der Waals surface area contributed by atoms with E-state index in [9.17, 15) is 0 Å². The number of rotatable bonds is 5. The van der Waals surface area contributed by atoms with Gasteiger partial charge in [0.05, 0.1) is 6.61 Å². The van der Waals surface area contributed by atoms with Crippen molar-refractivity contribution in [2.45, 2.75) is 12.8 Å². The normalized spacial score (nSPS) is 10.7. The zero-order chi connectivity index (χ0) is 14.5. The van der Waals surface area contributed by atoms with E-state index < -0.39 is 0 Å². The third-order valence-electron chi connectivity index (χ3n) is 3.55. The second-order valence-corrected chi connectivity index (χ2v) is 5.21. The zero-order valence-electron chi connectivity index (χ0n) is 12.0. The standard InChI is InChI=1S/C19H19NO/c20-18-9-3-5-15(13-18)6-4-12-21-19-11-10-16-7-1-2-8-17(16)14-19/h1-3,5,7-11,13-14H,4,6,12,20H2. The van der Waals surface area contributed by atoms with Gasteiger partial charge in [-0.15, -0.1) is 0 Å². The van der Waals surface area contributed by atoms with Crippen LogP contribution in [0.2, 0.25) is 0 Å². The number of nitrogens with two attached hydrogens (primary N) is 1. The largest absolute Gasteiger partial charge is 0.494 e. The van der Waals surface area contributed by atoms with Crippen LogP contribution in [-0.2, 0) is 6.42 Å². The summed E-state index contributed by atoms with van der Waals surface area (Å²) in [6.45, 7) is 0.715. The predicted octanol–water partition coefficient (Wildman–Crippen LogP) is 4.43. The van der Waals surface area contributed by atoms with E-state index in [-0.39, 0.29) is 0 Å². The van der Waals surface area contributed by atoms with Gasteiger partial charge in [-0.3, -0.25) is 0 Å². The molecule has 3 rings (SSSR count). The van der Waals surface area contributed by atoms with Crippen molar-refractivity contribution in [1.82, 2.24) is 0 Å². The first-order chi connectivity index (χ1) is 10.3. The molecule has 0 bridgehead atoms. The van der Waals surface area contributed by atoms with E-state index in [1.54, 1.807) is 0 Å². The Morgan fingerprint density at radius 3 is 2.52 bits per heavy atom. The minimum Gasteiger partial charge on any atom is -0.494 e. The lowest BCUT2D eigenvalue weighted by atomic mass is 10.1. The molecule has 0 amide bonds. The highest BCUT2D eigenvalue weighted by Gasteiger charge is 1.98. The average Bonchev–Trinajstić information content (AvgIpc) is 2.51. The SMILES string of the molecule is Nc1cccc(CCCOc2ccc3ccccc3c2)c1. The fourth-order valence-electron chi connectivity index (χ4n) is 2.47. The van der Waals surface area contributed by atoms with E-state index in [0.717, 1.165) is 24.3 Å². The molecule has 2 heteroatoms. The van der Waals surface area contributed by atoms with E-state index in [1.165, 1.54) is 16.3 Å². The zero-order valence-corrected chi connectivity index (χ0v) is 12.0. The third kappa shape index (κ3) is 3.54. The molecular formula is C19H19NO. The molecular weight excluding hydrogens is 258 g/mol. The van der Waals surface area contributed by atoms with Crippen molar-refractivity contribution in [3.63, 3.8) is 0 Å². The highest BCUT2D eigenvalue weighted by molar-refractivity contribution is 5.83. The summed E-state index contributed by atoms with van der Waals surface area (Å²) in [6.07, 6.45) is 1.97. The lowest BCUT2D eigenvalue weighted by Crippen LogP contribution is -1.99. The van der Waals surface area contributed by atoms with Crippen molar-refractivity contribution in [1.29, 1.82) is 0 Å². The maximum absolute atomic E-state index is 5.83. The molecule has 0 heterocycles. The summed E-state index contributed by atoms with van der Waals surface area (Å²) >= 11 is 0. The lowest BCUT2D eigenvalue weighted by molar-refractivity contribution is 0.311. The number of fused-ring (bicyclic) bond motifs is 1. The molecule has 0 radical (unpaired) electrons. The molecule has 0 aliphatic carbocycles. The fraction of sp³-hybridized carbons (Fsp3) is 0.158. The van der Waals surface area contributed by atoms with Gasteiger partial charge in [-0.1, -0.05) is 42.5 Å². The number of ether oxygens (including phenoxy) is 1. The molecule has 2 nitrogen and oxygen atoms in total. The minimum atomic E-state index is 0.715. The van der Waals surface area contributed by atoms with Crippen LogP contribution in [0.3, 0.4) is 0 Å². The van der Waals surface area contributed by atoms with Crippen LogP contribution in [0.25, 0.3) is 10.8 Å². The van der Waals surface area contributed by atoms with Gasteiger partial charge < -0.3 is 10.5 Å². The quantitative estimate of drug-likeness (QED) is 0.553. The Bertz CT molecular complexity index is 736. The summed E-state index contributed by atoms with van der Waals surface area (Å²) in [6, 6.07) is 22.6. The van der Waals surface area contributed by atoms with Gasteiger partial charge in [0.1, 0.15) is 5.75 Å². The highest BCUT2D eigenvalue weighted by atomic mass is 16.5. The van der Waals surface area contributed by atoms with Gasteiger partial charge in [-0.2, -0.15) is 0 Å². The molecule has 0 aromatic heterocycles. The first-order valence-electron chi connectivity index (χ1n) is 7.27. The Hall–Kier alpha value is -2.48. The van der Waals surface area contributed by atoms with Crippen molar-refractivity contribution in [2.75, 3.05) is 12.3 Å². The van der Waals surface area contributed by atoms with Crippen LogP contribution in [0.5, 0.6) is 5.75 Å². The summed E-state index contributed by atoms with van der Waals surface area (Å²) in [7, 11) is 0. The van der Waals surface area contributed by atoms with E-state index in [4.69, 9.17) is 10.5 Å². The van der Waals surface area contributed by atoms with Gasteiger partial charge >= 0.3 is 0 Å². The Balaban J connectivity index is 1.54. The van der Waals surface area contributed by atoms with Crippen molar-refractivity contribution in [3.05, 3.63) is 72.3 Å². The van der Waals surface area contributed by atoms with Crippen LogP contribution in [0.4, 0.5) is 5.69 Å². The van der Waals surface area contributed by atoms with Gasteiger partial charge in [0.25, 0.3) is 0 Å². The van der Waals surface area contributed by atoms with E-state index >= 15 is 0 Å². The van der Waals surface area contributed by atoms with Crippen LogP contribution >= 0.6 is 0 Å². The number of hydrogen-bond acceptors (Lipinski definition) is 2. The van der Waals surface area contributed by atoms with Crippen molar-refractivity contribution in [3.8, 4) is 5.75 Å². The maximum atomic E-state index is 5.83. The predicted molar refractivity (Wildman–Crippen MR) is 88.6 cm³/mol. The molecule has 21 heavy (non-hydrogen) atoms. The summed E-state index contributed by atoms with van der Waals surface area (Å²) < 4.78 is 5.83. The van der Waals surface area contributed by atoms with Crippen LogP contribution in [0, 0.1) is 0 Å². The Kier molecular flexibility index (Phi) is 4.06. The number of hydrogen-bond donors (Lipinski definition) is 1. The summed E-state index contributed by atoms with van der Waals surface area (Å²) in [5.41, 5.74) is 7.86. The molecule has 0 saturated heterocycles. The molecule has 0 saturated carbocycles.